The average molecular weight is 376 g/mol. The van der Waals surface area contributed by atoms with Crippen molar-refractivity contribution in [2.45, 2.75) is 12.3 Å². The number of para-hydroxylation sites is 1. The summed E-state index contributed by atoms with van der Waals surface area (Å²) in [6.45, 7) is -0.139. The van der Waals surface area contributed by atoms with Crippen LogP contribution >= 0.6 is 0 Å². The zero-order valence-corrected chi connectivity index (χ0v) is 15.3. The second-order valence-corrected chi connectivity index (χ2v) is 6.43. The summed E-state index contributed by atoms with van der Waals surface area (Å²) in [6, 6.07) is 24.5. The highest BCUT2D eigenvalue weighted by atomic mass is 19.1. The summed E-state index contributed by atoms with van der Waals surface area (Å²) in [7, 11) is 0. The Kier molecular flexibility index (Phi) is 6.52. The highest BCUT2D eigenvalue weighted by Gasteiger charge is 2.21. The van der Waals surface area contributed by atoms with Crippen molar-refractivity contribution < 1.29 is 14.0 Å². The van der Waals surface area contributed by atoms with Crippen molar-refractivity contribution in [1.82, 2.24) is 5.32 Å². The maximum Gasteiger partial charge on any atom is 0.243 e. The molecule has 28 heavy (non-hydrogen) atoms. The molecule has 3 aromatic carbocycles. The van der Waals surface area contributed by atoms with E-state index in [9.17, 15) is 14.0 Å². The molecule has 2 N–H and O–H groups in total. The second kappa shape index (κ2) is 9.46. The van der Waals surface area contributed by atoms with Gasteiger partial charge in [-0.3, -0.25) is 9.59 Å². The van der Waals surface area contributed by atoms with Crippen molar-refractivity contribution in [2.75, 3.05) is 11.9 Å². The molecule has 3 aromatic rings. The minimum absolute atomic E-state index is 0.139. The van der Waals surface area contributed by atoms with E-state index in [-0.39, 0.29) is 24.2 Å². The summed E-state index contributed by atoms with van der Waals surface area (Å²) < 4.78 is 13.3. The normalized spacial score (nSPS) is 11.5. The molecule has 0 heterocycles. The van der Waals surface area contributed by atoms with E-state index >= 15 is 0 Å². The first kappa shape index (κ1) is 19.3. The Morgan fingerprint density at radius 2 is 1.43 bits per heavy atom. The van der Waals surface area contributed by atoms with E-state index in [0.717, 1.165) is 5.56 Å². The van der Waals surface area contributed by atoms with Gasteiger partial charge in [0.2, 0.25) is 11.8 Å². The van der Waals surface area contributed by atoms with Crippen LogP contribution in [0.1, 0.15) is 17.0 Å². The largest absolute Gasteiger partial charge is 0.346 e. The van der Waals surface area contributed by atoms with Crippen LogP contribution < -0.4 is 10.6 Å². The Bertz CT molecular complexity index is 912. The summed E-state index contributed by atoms with van der Waals surface area (Å²) in [5.41, 5.74) is 2.35. The van der Waals surface area contributed by atoms with E-state index in [1.807, 2.05) is 48.5 Å². The fourth-order valence-corrected chi connectivity index (χ4v) is 2.92. The third-order valence-electron chi connectivity index (χ3n) is 4.35. The van der Waals surface area contributed by atoms with Gasteiger partial charge in [-0.05, 0) is 41.8 Å². The second-order valence-electron chi connectivity index (χ2n) is 6.43. The predicted molar refractivity (Wildman–Crippen MR) is 107 cm³/mol. The Balaban J connectivity index is 1.67. The molecule has 142 valence electrons. The number of halogens is 1. The van der Waals surface area contributed by atoms with Gasteiger partial charge in [0.25, 0.3) is 0 Å². The van der Waals surface area contributed by atoms with Gasteiger partial charge in [-0.1, -0.05) is 60.7 Å². The van der Waals surface area contributed by atoms with E-state index < -0.39 is 5.92 Å². The molecule has 0 saturated heterocycles. The molecule has 0 aliphatic heterocycles. The first-order valence-electron chi connectivity index (χ1n) is 9.04. The van der Waals surface area contributed by atoms with Gasteiger partial charge < -0.3 is 10.6 Å². The number of rotatable bonds is 7. The fourth-order valence-electron chi connectivity index (χ4n) is 2.92. The van der Waals surface area contributed by atoms with Gasteiger partial charge in [0.05, 0.1) is 12.5 Å². The molecule has 0 bridgehead atoms. The summed E-state index contributed by atoms with van der Waals surface area (Å²) in [4.78, 5) is 24.9. The van der Waals surface area contributed by atoms with Crippen LogP contribution in [0.4, 0.5) is 10.1 Å². The van der Waals surface area contributed by atoms with Crippen LogP contribution in [0.3, 0.4) is 0 Å². The van der Waals surface area contributed by atoms with Crippen molar-refractivity contribution in [3.8, 4) is 0 Å². The average Bonchev–Trinajstić information content (AvgIpc) is 2.72. The molecule has 0 saturated carbocycles. The van der Waals surface area contributed by atoms with Crippen molar-refractivity contribution in [2.24, 2.45) is 0 Å². The first-order valence-corrected chi connectivity index (χ1v) is 9.04. The summed E-state index contributed by atoms with van der Waals surface area (Å²) >= 11 is 0. The number of benzene rings is 3. The minimum Gasteiger partial charge on any atom is -0.346 e. The van der Waals surface area contributed by atoms with Gasteiger partial charge in [0.1, 0.15) is 5.82 Å². The van der Waals surface area contributed by atoms with E-state index in [0.29, 0.717) is 17.7 Å². The molecule has 0 spiro atoms. The Hall–Kier alpha value is -3.47. The van der Waals surface area contributed by atoms with E-state index in [4.69, 9.17) is 0 Å². The molecule has 0 aliphatic rings. The molecule has 2 amide bonds. The van der Waals surface area contributed by atoms with E-state index in [1.165, 1.54) is 12.1 Å². The smallest absolute Gasteiger partial charge is 0.243 e. The maximum atomic E-state index is 13.3. The van der Waals surface area contributed by atoms with E-state index in [2.05, 4.69) is 10.6 Å². The third kappa shape index (κ3) is 5.51. The summed E-state index contributed by atoms with van der Waals surface area (Å²) in [5.74, 6) is -1.46. The molecule has 3 rings (SSSR count). The van der Waals surface area contributed by atoms with Gasteiger partial charge >= 0.3 is 0 Å². The Morgan fingerprint density at radius 1 is 0.821 bits per heavy atom. The zero-order chi connectivity index (χ0) is 19.8. The van der Waals surface area contributed by atoms with Crippen molar-refractivity contribution in [1.29, 1.82) is 0 Å². The Labute approximate surface area is 163 Å². The first-order chi connectivity index (χ1) is 13.6. The minimum atomic E-state index is -0.521. The quantitative estimate of drug-likeness (QED) is 0.657. The molecule has 0 aliphatic carbocycles. The standard InChI is InChI=1S/C23H21FN2O2/c24-19-13-11-18(12-14-19)21(15-17-7-3-1-4-8-17)23(28)25-16-22(27)26-20-9-5-2-6-10-20/h1-14,21H,15-16H2,(H,25,28)(H,26,27). The van der Waals surface area contributed by atoms with Crippen molar-refractivity contribution in [3.63, 3.8) is 0 Å². The van der Waals surface area contributed by atoms with Crippen LogP contribution in [-0.2, 0) is 16.0 Å². The molecule has 0 aromatic heterocycles. The molecular formula is C23H21FN2O2. The van der Waals surface area contributed by atoms with Gasteiger partial charge in [-0.2, -0.15) is 0 Å². The van der Waals surface area contributed by atoms with Crippen LogP contribution in [-0.4, -0.2) is 18.4 Å². The molecule has 4 nitrogen and oxygen atoms in total. The van der Waals surface area contributed by atoms with Crippen molar-refractivity contribution >= 4 is 17.5 Å². The molecule has 0 fully saturated rings. The fraction of sp³-hybridized carbons (Fsp3) is 0.130. The Morgan fingerprint density at radius 3 is 2.07 bits per heavy atom. The lowest BCUT2D eigenvalue weighted by molar-refractivity contribution is -0.125. The number of nitrogens with one attached hydrogen (secondary N) is 2. The van der Waals surface area contributed by atoms with Crippen LogP contribution in [0, 0.1) is 5.82 Å². The van der Waals surface area contributed by atoms with Crippen molar-refractivity contribution in [3.05, 3.63) is 102 Å². The maximum absolute atomic E-state index is 13.3. The van der Waals surface area contributed by atoms with Gasteiger partial charge in [0, 0.05) is 5.69 Å². The summed E-state index contributed by atoms with van der Waals surface area (Å²) in [5, 5.41) is 5.42. The molecule has 5 heteroatoms. The van der Waals surface area contributed by atoms with E-state index in [1.54, 1.807) is 24.3 Å². The molecule has 0 radical (unpaired) electrons. The number of carbonyl (C=O) groups is 2. The number of hydrogen-bond acceptors (Lipinski definition) is 2. The van der Waals surface area contributed by atoms with Crippen LogP contribution in [0.2, 0.25) is 0 Å². The molecule has 1 unspecified atom stereocenters. The molecule has 1 atom stereocenters. The monoisotopic (exact) mass is 376 g/mol. The van der Waals surface area contributed by atoms with Crippen LogP contribution in [0.15, 0.2) is 84.9 Å². The lowest BCUT2D eigenvalue weighted by Crippen LogP contribution is -2.36. The lowest BCUT2D eigenvalue weighted by atomic mass is 9.91. The SMILES string of the molecule is O=C(CNC(=O)C(Cc1ccccc1)c1ccc(F)cc1)Nc1ccccc1. The van der Waals surface area contributed by atoms with Crippen LogP contribution in [0.5, 0.6) is 0 Å². The number of carbonyl (C=O) groups excluding carboxylic acids is 2. The number of amides is 2. The van der Waals surface area contributed by atoms with Crippen LogP contribution in [0.25, 0.3) is 0 Å². The topological polar surface area (TPSA) is 58.2 Å². The zero-order valence-electron chi connectivity index (χ0n) is 15.3. The highest BCUT2D eigenvalue weighted by Crippen LogP contribution is 2.22. The summed E-state index contributed by atoms with van der Waals surface area (Å²) in [6.07, 6.45) is 0.457. The number of hydrogen-bond donors (Lipinski definition) is 2. The third-order valence-corrected chi connectivity index (χ3v) is 4.35. The predicted octanol–water partition coefficient (Wildman–Crippen LogP) is 3.91. The highest BCUT2D eigenvalue weighted by molar-refractivity contribution is 5.95. The van der Waals surface area contributed by atoms with Gasteiger partial charge in [-0.15, -0.1) is 0 Å². The lowest BCUT2D eigenvalue weighted by Gasteiger charge is -2.17. The molecular weight excluding hydrogens is 355 g/mol. The van der Waals surface area contributed by atoms with Gasteiger partial charge in [0.15, 0.2) is 0 Å². The number of anilines is 1. The van der Waals surface area contributed by atoms with Gasteiger partial charge in [-0.25, -0.2) is 4.39 Å².